The molecule has 0 radical (unpaired) electrons. The van der Waals surface area contributed by atoms with Crippen molar-refractivity contribution in [2.75, 3.05) is 0 Å². The minimum atomic E-state index is -1.63. The number of allylic oxidation sites excluding steroid dienone is 1. The summed E-state index contributed by atoms with van der Waals surface area (Å²) < 4.78 is 6.03. The van der Waals surface area contributed by atoms with Crippen LogP contribution in [-0.4, -0.2) is 51.0 Å². The van der Waals surface area contributed by atoms with Crippen molar-refractivity contribution >= 4 is 11.9 Å². The molecular weight excluding hydrogens is 458 g/mol. The highest BCUT2D eigenvalue weighted by Crippen LogP contribution is 2.52. The molecule has 194 valence electrons. The van der Waals surface area contributed by atoms with Gasteiger partial charge in [0.05, 0.1) is 18.1 Å². The predicted octanol–water partition coefficient (Wildman–Crippen LogP) is 3.20. The number of esters is 1. The summed E-state index contributed by atoms with van der Waals surface area (Å²) in [6, 6.07) is 6.41. The van der Waals surface area contributed by atoms with Crippen LogP contribution in [0.3, 0.4) is 0 Å². The van der Waals surface area contributed by atoms with Gasteiger partial charge in [-0.25, -0.2) is 4.79 Å². The lowest BCUT2D eigenvalue weighted by molar-refractivity contribution is -0.182. The normalized spacial score (nSPS) is 39.2. The molecule has 3 aliphatic rings. The van der Waals surface area contributed by atoms with Crippen LogP contribution in [0.1, 0.15) is 45.1 Å². The number of carbonyl (C=O) groups is 2. The van der Waals surface area contributed by atoms with Gasteiger partial charge in [-0.05, 0) is 60.4 Å². The molecule has 36 heavy (non-hydrogen) atoms. The molecule has 2 aliphatic heterocycles. The van der Waals surface area contributed by atoms with Gasteiger partial charge in [0.2, 0.25) is 5.60 Å². The number of phenolic OH excluding ortho intramolecular Hbond substituents is 1. The van der Waals surface area contributed by atoms with Gasteiger partial charge in [0.15, 0.2) is 0 Å². The molecule has 1 saturated heterocycles. The van der Waals surface area contributed by atoms with Crippen molar-refractivity contribution in [3.63, 3.8) is 0 Å². The topological polar surface area (TPSA) is 116 Å². The summed E-state index contributed by atoms with van der Waals surface area (Å²) in [5, 5.41) is 34.3. The molecule has 7 nitrogen and oxygen atoms in total. The van der Waals surface area contributed by atoms with E-state index in [4.69, 9.17) is 4.74 Å². The molecular formula is C29H37NO6. The maximum absolute atomic E-state index is 13.8. The maximum Gasteiger partial charge on any atom is 0.331 e. The number of aliphatic hydroxyl groups is 2. The van der Waals surface area contributed by atoms with Crippen molar-refractivity contribution < 1.29 is 29.6 Å². The maximum atomic E-state index is 13.8. The summed E-state index contributed by atoms with van der Waals surface area (Å²) in [4.78, 5) is 26.8. The van der Waals surface area contributed by atoms with Crippen LogP contribution in [0.2, 0.25) is 0 Å². The molecule has 1 aliphatic carbocycles. The van der Waals surface area contributed by atoms with Crippen molar-refractivity contribution in [3.8, 4) is 5.75 Å². The van der Waals surface area contributed by atoms with Crippen molar-refractivity contribution in [1.29, 1.82) is 0 Å². The first-order valence-corrected chi connectivity index (χ1v) is 12.8. The number of aromatic hydroxyl groups is 1. The van der Waals surface area contributed by atoms with Crippen LogP contribution in [0.25, 0.3) is 0 Å². The van der Waals surface area contributed by atoms with E-state index in [2.05, 4.69) is 18.8 Å². The van der Waals surface area contributed by atoms with E-state index in [1.54, 1.807) is 24.3 Å². The highest BCUT2D eigenvalue weighted by Gasteiger charge is 2.67. The largest absolute Gasteiger partial charge is 0.508 e. The fourth-order valence-corrected chi connectivity index (χ4v) is 6.11. The average Bonchev–Trinajstić information content (AvgIpc) is 3.10. The standard InChI is InChI=1S/C29H37NO6/c1-17-6-4-8-21(31)14-15-25(33)36-29-23(9-5-7-17)27(34)19(3)18(2)26(29)24(30-28(29)35)16-20-10-12-22(32)13-11-20/h5,9-15,17-18,21,23-24,26-27,31-32,34H,3-4,6-8,16H2,1-2H3,(H,30,35)/b9-5+,15-14+/t17-,18-,21-,23?,24+,26?,27-,29-/m1/s1. The minimum absolute atomic E-state index is 0.154. The van der Waals surface area contributed by atoms with E-state index >= 15 is 0 Å². The summed E-state index contributed by atoms with van der Waals surface area (Å²) in [7, 11) is 0. The molecule has 2 fully saturated rings. The zero-order valence-corrected chi connectivity index (χ0v) is 21.0. The number of phenols is 1. The molecule has 8 atom stereocenters. The first-order chi connectivity index (χ1) is 17.1. The molecule has 2 heterocycles. The van der Waals surface area contributed by atoms with Crippen molar-refractivity contribution in [3.05, 3.63) is 66.3 Å². The Kier molecular flexibility index (Phi) is 7.71. The SMILES string of the molecule is C=C1[C@@H](C)C2[C@H](Cc3ccc(O)cc3)NC(=O)[C@]23OC(=O)/C=C/[C@H](O)CCC[C@@H](C)C/C=C/C3[C@@H]1O. The molecule has 7 heteroatoms. The van der Waals surface area contributed by atoms with Crippen LogP contribution in [0.5, 0.6) is 5.75 Å². The highest BCUT2D eigenvalue weighted by atomic mass is 16.6. The lowest BCUT2D eigenvalue weighted by Crippen LogP contribution is -2.61. The monoisotopic (exact) mass is 495 g/mol. The zero-order chi connectivity index (χ0) is 26.0. The van der Waals surface area contributed by atoms with E-state index in [0.717, 1.165) is 24.8 Å². The average molecular weight is 496 g/mol. The highest BCUT2D eigenvalue weighted by molar-refractivity contribution is 5.94. The summed E-state index contributed by atoms with van der Waals surface area (Å²) >= 11 is 0. The van der Waals surface area contributed by atoms with Crippen LogP contribution in [-0.2, 0) is 20.7 Å². The van der Waals surface area contributed by atoms with Crippen LogP contribution >= 0.6 is 0 Å². The number of benzene rings is 1. The number of ether oxygens (including phenoxy) is 1. The molecule has 1 saturated carbocycles. The third-order valence-electron chi connectivity index (χ3n) is 8.13. The van der Waals surface area contributed by atoms with E-state index in [9.17, 15) is 24.9 Å². The number of aliphatic hydroxyl groups excluding tert-OH is 2. The molecule has 1 aromatic carbocycles. The van der Waals surface area contributed by atoms with Crippen LogP contribution in [0.15, 0.2) is 60.7 Å². The third-order valence-corrected chi connectivity index (χ3v) is 8.13. The molecule has 2 unspecified atom stereocenters. The quantitative estimate of drug-likeness (QED) is 0.370. The second-order valence-electron chi connectivity index (χ2n) is 10.7. The van der Waals surface area contributed by atoms with Crippen LogP contribution < -0.4 is 5.32 Å². The molecule has 1 spiro atoms. The van der Waals surface area contributed by atoms with Gasteiger partial charge in [-0.15, -0.1) is 0 Å². The Balaban J connectivity index is 1.77. The summed E-state index contributed by atoms with van der Waals surface area (Å²) in [5.74, 6) is -2.24. The summed E-state index contributed by atoms with van der Waals surface area (Å²) in [6.07, 6.45) is 8.04. The second-order valence-corrected chi connectivity index (χ2v) is 10.7. The number of amides is 1. The minimum Gasteiger partial charge on any atom is -0.508 e. The molecule has 1 aromatic rings. The first-order valence-electron chi connectivity index (χ1n) is 12.8. The van der Waals surface area contributed by atoms with E-state index in [1.165, 1.54) is 12.2 Å². The Morgan fingerprint density at radius 3 is 2.56 bits per heavy atom. The Hall–Kier alpha value is -2.90. The molecule has 0 aromatic heterocycles. The number of carbonyl (C=O) groups excluding carboxylic acids is 2. The smallest absolute Gasteiger partial charge is 0.331 e. The summed E-state index contributed by atoms with van der Waals surface area (Å²) in [6.45, 7) is 8.20. The van der Waals surface area contributed by atoms with Crippen LogP contribution in [0, 0.1) is 23.7 Å². The number of hydrogen-bond acceptors (Lipinski definition) is 6. The number of hydrogen-bond donors (Lipinski definition) is 4. The van der Waals surface area contributed by atoms with Crippen molar-refractivity contribution in [2.24, 2.45) is 23.7 Å². The summed E-state index contributed by atoms with van der Waals surface area (Å²) in [5.41, 5.74) is -0.110. The van der Waals surface area contributed by atoms with Gasteiger partial charge >= 0.3 is 5.97 Å². The van der Waals surface area contributed by atoms with E-state index < -0.39 is 41.5 Å². The van der Waals surface area contributed by atoms with E-state index in [1.807, 2.05) is 19.1 Å². The van der Waals surface area contributed by atoms with Gasteiger partial charge in [-0.2, -0.15) is 0 Å². The fourth-order valence-electron chi connectivity index (χ4n) is 6.11. The second kappa shape index (κ2) is 10.6. The zero-order valence-electron chi connectivity index (χ0n) is 21.0. The van der Waals surface area contributed by atoms with Crippen molar-refractivity contribution in [1.82, 2.24) is 5.32 Å². The lowest BCUT2D eigenvalue weighted by atomic mass is 9.59. The Morgan fingerprint density at radius 1 is 1.11 bits per heavy atom. The fraction of sp³-hybridized carbons (Fsp3) is 0.517. The Labute approximate surface area is 212 Å². The van der Waals surface area contributed by atoms with E-state index in [0.29, 0.717) is 24.3 Å². The lowest BCUT2D eigenvalue weighted by Gasteiger charge is -2.49. The molecule has 4 rings (SSSR count). The number of nitrogens with one attached hydrogen (secondary N) is 1. The Bertz CT molecular complexity index is 1050. The molecule has 4 N–H and O–H groups in total. The Morgan fingerprint density at radius 2 is 1.83 bits per heavy atom. The third kappa shape index (κ3) is 5.00. The predicted molar refractivity (Wildman–Crippen MR) is 136 cm³/mol. The van der Waals surface area contributed by atoms with Gasteiger partial charge in [0, 0.05) is 18.0 Å². The van der Waals surface area contributed by atoms with Gasteiger partial charge in [-0.1, -0.05) is 57.6 Å². The van der Waals surface area contributed by atoms with Gasteiger partial charge in [0.25, 0.3) is 5.91 Å². The van der Waals surface area contributed by atoms with Gasteiger partial charge < -0.3 is 25.4 Å². The molecule has 0 bridgehead atoms. The first kappa shape index (κ1) is 26.2. The van der Waals surface area contributed by atoms with Gasteiger partial charge in [0.1, 0.15) is 5.75 Å². The van der Waals surface area contributed by atoms with Crippen molar-refractivity contribution in [2.45, 2.75) is 69.8 Å². The van der Waals surface area contributed by atoms with Crippen LogP contribution in [0.4, 0.5) is 0 Å². The molecule has 1 amide bonds. The van der Waals surface area contributed by atoms with E-state index in [-0.39, 0.29) is 17.7 Å². The van der Waals surface area contributed by atoms with Gasteiger partial charge in [-0.3, -0.25) is 4.79 Å². The number of rotatable bonds is 2.